The summed E-state index contributed by atoms with van der Waals surface area (Å²) in [6.07, 6.45) is 0. The lowest BCUT2D eigenvalue weighted by molar-refractivity contribution is 1.14. The third kappa shape index (κ3) is 2.63. The van der Waals surface area contributed by atoms with Gasteiger partial charge >= 0.3 is 0 Å². The fourth-order valence-corrected chi connectivity index (χ4v) is 1.88. The van der Waals surface area contributed by atoms with Gasteiger partial charge < -0.3 is 5.73 Å². The molecule has 0 unspecified atom stereocenters. The molecule has 0 heterocycles. The summed E-state index contributed by atoms with van der Waals surface area (Å²) in [5, 5.41) is 5.25. The highest BCUT2D eigenvalue weighted by molar-refractivity contribution is 5.98. The molecular weight excluding hydrogens is 206 g/mol. The Morgan fingerprint density at radius 1 is 0.706 bits per heavy atom. The molecule has 0 amide bonds. The van der Waals surface area contributed by atoms with Crippen LogP contribution >= 0.6 is 0 Å². The first-order valence-corrected chi connectivity index (χ1v) is 5.92. The molecule has 0 spiro atoms. The number of benzene rings is 3. The van der Waals surface area contributed by atoms with Crippen LogP contribution in [0.25, 0.3) is 21.5 Å². The summed E-state index contributed by atoms with van der Waals surface area (Å²) in [6, 6.07) is 21.4. The van der Waals surface area contributed by atoms with Gasteiger partial charge in [-0.3, -0.25) is 0 Å². The molecule has 3 aromatic carbocycles. The first-order chi connectivity index (χ1) is 8.35. The summed E-state index contributed by atoms with van der Waals surface area (Å²) in [7, 11) is 0. The molecule has 0 atom stereocenters. The largest absolute Gasteiger partial charge is 0.331 e. The van der Waals surface area contributed by atoms with E-state index in [-0.39, 0.29) is 0 Å². The van der Waals surface area contributed by atoms with Crippen LogP contribution in [0.1, 0.15) is 6.92 Å². The van der Waals surface area contributed by atoms with E-state index < -0.39 is 0 Å². The van der Waals surface area contributed by atoms with Gasteiger partial charge in [0, 0.05) is 0 Å². The molecule has 1 heteroatoms. The van der Waals surface area contributed by atoms with Crippen molar-refractivity contribution in [2.45, 2.75) is 6.92 Å². The summed E-state index contributed by atoms with van der Waals surface area (Å²) < 4.78 is 0. The Bertz CT molecular complexity index is 509. The first kappa shape index (κ1) is 11.6. The minimum atomic E-state index is 0.750. The van der Waals surface area contributed by atoms with Gasteiger partial charge in [0.2, 0.25) is 0 Å². The van der Waals surface area contributed by atoms with Crippen LogP contribution in [-0.2, 0) is 0 Å². The maximum Gasteiger partial charge on any atom is -0.0106 e. The van der Waals surface area contributed by atoms with Gasteiger partial charge in [-0.05, 0) is 40.2 Å². The van der Waals surface area contributed by atoms with Crippen molar-refractivity contribution in [3.63, 3.8) is 0 Å². The Morgan fingerprint density at radius 2 is 0.941 bits per heavy atom. The van der Waals surface area contributed by atoms with Crippen molar-refractivity contribution < 1.29 is 0 Å². The lowest BCUT2D eigenvalue weighted by atomic mass is 10.0. The van der Waals surface area contributed by atoms with Crippen LogP contribution in [-0.4, -0.2) is 6.54 Å². The normalized spacial score (nSPS) is 10.0. The number of nitrogens with two attached hydrogens (primary N) is 1. The van der Waals surface area contributed by atoms with Crippen molar-refractivity contribution in [2.75, 3.05) is 6.54 Å². The maximum absolute atomic E-state index is 4.85. The van der Waals surface area contributed by atoms with Gasteiger partial charge in [-0.15, -0.1) is 0 Å². The van der Waals surface area contributed by atoms with E-state index in [1.165, 1.54) is 21.5 Å². The number of hydrogen-bond acceptors (Lipinski definition) is 1. The van der Waals surface area contributed by atoms with Gasteiger partial charge in [-0.2, -0.15) is 0 Å². The number of fused-ring (bicyclic) bond motifs is 2. The Kier molecular flexibility index (Phi) is 3.73. The van der Waals surface area contributed by atoms with Crippen LogP contribution in [0.3, 0.4) is 0 Å². The highest BCUT2D eigenvalue weighted by Gasteiger charge is 1.95. The van der Waals surface area contributed by atoms with E-state index in [0.717, 1.165) is 6.54 Å². The number of rotatable bonds is 0. The van der Waals surface area contributed by atoms with Crippen LogP contribution in [0, 0.1) is 0 Å². The van der Waals surface area contributed by atoms with Crippen LogP contribution in [0.2, 0.25) is 0 Å². The molecular formula is C16H17N. The van der Waals surface area contributed by atoms with Crippen molar-refractivity contribution in [2.24, 2.45) is 5.73 Å². The van der Waals surface area contributed by atoms with Crippen molar-refractivity contribution in [3.8, 4) is 0 Å². The van der Waals surface area contributed by atoms with Crippen LogP contribution < -0.4 is 5.73 Å². The van der Waals surface area contributed by atoms with Crippen LogP contribution in [0.5, 0.6) is 0 Å². The molecule has 0 saturated carbocycles. The van der Waals surface area contributed by atoms with E-state index in [0.29, 0.717) is 0 Å². The molecule has 0 fully saturated rings. The number of hydrogen-bond donors (Lipinski definition) is 1. The molecule has 0 aliphatic carbocycles. The molecule has 3 rings (SSSR count). The Hall–Kier alpha value is -1.86. The second-order valence-corrected chi connectivity index (χ2v) is 3.95. The van der Waals surface area contributed by atoms with Crippen molar-refractivity contribution >= 4 is 21.5 Å². The summed E-state index contributed by atoms with van der Waals surface area (Å²) in [4.78, 5) is 0. The quantitative estimate of drug-likeness (QED) is 0.574. The van der Waals surface area contributed by atoms with Gasteiger partial charge in [0.05, 0.1) is 0 Å². The topological polar surface area (TPSA) is 26.0 Å². The van der Waals surface area contributed by atoms with Gasteiger partial charge in [0.25, 0.3) is 0 Å². The SMILES string of the molecule is CCN.c1ccc2cc3ccccc3cc2c1. The van der Waals surface area contributed by atoms with Crippen LogP contribution in [0.15, 0.2) is 60.7 Å². The highest BCUT2D eigenvalue weighted by atomic mass is 14.5. The van der Waals surface area contributed by atoms with E-state index >= 15 is 0 Å². The molecule has 0 bridgehead atoms. The molecule has 3 aromatic rings. The summed E-state index contributed by atoms with van der Waals surface area (Å²) in [5.74, 6) is 0. The maximum atomic E-state index is 4.85. The molecule has 0 saturated heterocycles. The average molecular weight is 223 g/mol. The predicted molar refractivity (Wildman–Crippen MR) is 76.2 cm³/mol. The molecule has 0 aliphatic rings. The molecule has 0 aliphatic heterocycles. The van der Waals surface area contributed by atoms with Gasteiger partial charge in [-0.1, -0.05) is 55.5 Å². The Morgan fingerprint density at radius 3 is 1.18 bits per heavy atom. The molecule has 0 aromatic heterocycles. The van der Waals surface area contributed by atoms with E-state index in [2.05, 4.69) is 60.7 Å². The fraction of sp³-hybridized carbons (Fsp3) is 0.125. The van der Waals surface area contributed by atoms with Gasteiger partial charge in [0.1, 0.15) is 0 Å². The van der Waals surface area contributed by atoms with Crippen LogP contribution in [0.4, 0.5) is 0 Å². The summed E-state index contributed by atoms with van der Waals surface area (Å²) >= 11 is 0. The molecule has 17 heavy (non-hydrogen) atoms. The minimum absolute atomic E-state index is 0.750. The zero-order valence-electron chi connectivity index (χ0n) is 10.1. The second-order valence-electron chi connectivity index (χ2n) is 3.95. The van der Waals surface area contributed by atoms with Gasteiger partial charge in [0.15, 0.2) is 0 Å². The minimum Gasteiger partial charge on any atom is -0.331 e. The molecule has 0 radical (unpaired) electrons. The third-order valence-corrected chi connectivity index (χ3v) is 2.61. The second kappa shape index (κ2) is 5.46. The Balaban J connectivity index is 0.000000329. The van der Waals surface area contributed by atoms with Crippen molar-refractivity contribution in [1.82, 2.24) is 0 Å². The standard InChI is InChI=1S/C14H10.C2H7N/c1-2-6-12-10-14-8-4-3-7-13(14)9-11(12)5-1;1-2-3/h1-10H;2-3H2,1H3. The monoisotopic (exact) mass is 223 g/mol. The smallest absolute Gasteiger partial charge is 0.0106 e. The average Bonchev–Trinajstić information content (AvgIpc) is 2.37. The molecule has 2 N–H and O–H groups in total. The van der Waals surface area contributed by atoms with E-state index in [1.807, 2.05) is 6.92 Å². The summed E-state index contributed by atoms with van der Waals surface area (Å²) in [6.45, 7) is 2.65. The van der Waals surface area contributed by atoms with Gasteiger partial charge in [-0.25, -0.2) is 0 Å². The lowest BCUT2D eigenvalue weighted by Crippen LogP contribution is -1.87. The first-order valence-electron chi connectivity index (χ1n) is 5.92. The summed E-state index contributed by atoms with van der Waals surface area (Å²) in [5.41, 5.74) is 4.85. The van der Waals surface area contributed by atoms with E-state index in [1.54, 1.807) is 0 Å². The zero-order chi connectivity index (χ0) is 12.1. The predicted octanol–water partition coefficient (Wildman–Crippen LogP) is 3.96. The van der Waals surface area contributed by atoms with E-state index in [9.17, 15) is 0 Å². The zero-order valence-corrected chi connectivity index (χ0v) is 10.1. The molecule has 1 nitrogen and oxygen atoms in total. The van der Waals surface area contributed by atoms with Crippen molar-refractivity contribution in [1.29, 1.82) is 0 Å². The highest BCUT2D eigenvalue weighted by Crippen LogP contribution is 2.21. The molecule has 86 valence electrons. The van der Waals surface area contributed by atoms with Crippen molar-refractivity contribution in [3.05, 3.63) is 60.7 Å². The fourth-order valence-electron chi connectivity index (χ4n) is 1.88. The lowest BCUT2D eigenvalue weighted by Gasteiger charge is -2.00. The van der Waals surface area contributed by atoms with E-state index in [4.69, 9.17) is 5.73 Å². The third-order valence-electron chi connectivity index (χ3n) is 2.61. The Labute approximate surface area is 102 Å².